The van der Waals surface area contributed by atoms with Crippen LogP contribution in [0.5, 0.6) is 0 Å². The summed E-state index contributed by atoms with van der Waals surface area (Å²) in [5, 5.41) is 19.4. The van der Waals surface area contributed by atoms with Crippen LogP contribution in [-0.2, 0) is 33.8 Å². The average Bonchev–Trinajstić information content (AvgIpc) is 3.39. The highest BCUT2D eigenvalue weighted by Gasteiger charge is 2.25. The molecule has 4 rings (SSSR count). The normalized spacial score (nSPS) is 13.2. The lowest BCUT2D eigenvalue weighted by Gasteiger charge is -2.23. The molecule has 1 atom stereocenters. The number of carboxylic acid groups (broad SMARTS) is 2. The number of aromatic amines is 1. The van der Waals surface area contributed by atoms with Crippen LogP contribution in [-0.4, -0.2) is 76.8 Å². The molecule has 0 saturated carbocycles. The SMILES string of the molecule is CC(=O)O.CC(=O)O.N[C@@H](Cc1cnc[nH]1)C(=O)N1CCc2nc(-c3ccccc3)nn2CC1. The van der Waals surface area contributed by atoms with Gasteiger partial charge in [0.1, 0.15) is 5.82 Å². The Morgan fingerprint density at radius 1 is 1.09 bits per heavy atom. The number of nitrogens with zero attached hydrogens (tertiary/aromatic N) is 5. The lowest BCUT2D eigenvalue weighted by molar-refractivity contribution is -0.135. The van der Waals surface area contributed by atoms with E-state index < -0.39 is 18.0 Å². The minimum Gasteiger partial charge on any atom is -0.481 e. The molecule has 0 saturated heterocycles. The van der Waals surface area contributed by atoms with Crippen molar-refractivity contribution < 1.29 is 24.6 Å². The maximum atomic E-state index is 12.7. The smallest absolute Gasteiger partial charge is 0.300 e. The second kappa shape index (κ2) is 12.8. The van der Waals surface area contributed by atoms with Crippen LogP contribution in [0.15, 0.2) is 42.9 Å². The van der Waals surface area contributed by atoms with Gasteiger partial charge in [-0.05, 0) is 0 Å². The predicted molar refractivity (Wildman–Crippen MR) is 123 cm³/mol. The van der Waals surface area contributed by atoms with Gasteiger partial charge in [0, 0.05) is 57.2 Å². The Morgan fingerprint density at radius 3 is 2.32 bits per heavy atom. The van der Waals surface area contributed by atoms with Gasteiger partial charge in [-0.1, -0.05) is 30.3 Å². The number of imidazole rings is 1. The van der Waals surface area contributed by atoms with Crippen LogP contribution in [0.3, 0.4) is 0 Å². The van der Waals surface area contributed by atoms with Crippen LogP contribution in [0, 0.1) is 0 Å². The zero-order valence-electron chi connectivity index (χ0n) is 19.1. The van der Waals surface area contributed by atoms with E-state index >= 15 is 0 Å². The number of nitrogens with two attached hydrogens (primary N) is 1. The monoisotopic (exact) mass is 471 g/mol. The third kappa shape index (κ3) is 8.47. The summed E-state index contributed by atoms with van der Waals surface area (Å²) in [6.07, 6.45) is 4.41. The van der Waals surface area contributed by atoms with Gasteiger partial charge in [-0.15, -0.1) is 0 Å². The molecule has 12 nitrogen and oxygen atoms in total. The third-order valence-electron chi connectivity index (χ3n) is 4.59. The van der Waals surface area contributed by atoms with E-state index in [-0.39, 0.29) is 5.91 Å². The highest BCUT2D eigenvalue weighted by molar-refractivity contribution is 5.82. The van der Waals surface area contributed by atoms with Gasteiger partial charge in [0.15, 0.2) is 5.82 Å². The Labute approximate surface area is 196 Å². The van der Waals surface area contributed by atoms with Crippen molar-refractivity contribution in [2.24, 2.45) is 5.73 Å². The van der Waals surface area contributed by atoms with E-state index in [2.05, 4.69) is 20.1 Å². The molecule has 182 valence electrons. The summed E-state index contributed by atoms with van der Waals surface area (Å²) >= 11 is 0. The van der Waals surface area contributed by atoms with Crippen molar-refractivity contribution in [1.82, 2.24) is 29.6 Å². The fourth-order valence-electron chi connectivity index (χ4n) is 3.19. The van der Waals surface area contributed by atoms with E-state index in [9.17, 15) is 4.79 Å². The van der Waals surface area contributed by atoms with E-state index in [1.165, 1.54) is 0 Å². The van der Waals surface area contributed by atoms with Gasteiger partial charge in [-0.25, -0.2) is 14.6 Å². The minimum atomic E-state index is -0.833. The Kier molecular flexibility index (Phi) is 9.90. The van der Waals surface area contributed by atoms with Crippen molar-refractivity contribution in [2.45, 2.75) is 39.3 Å². The summed E-state index contributed by atoms with van der Waals surface area (Å²) in [5.74, 6) is -0.0775. The Balaban J connectivity index is 0.000000446. The molecular formula is C22H29N7O5. The second-order valence-corrected chi connectivity index (χ2v) is 7.44. The van der Waals surface area contributed by atoms with Crippen molar-refractivity contribution in [1.29, 1.82) is 0 Å². The fourth-order valence-corrected chi connectivity index (χ4v) is 3.19. The summed E-state index contributed by atoms with van der Waals surface area (Å²) in [6.45, 7) is 3.97. The molecule has 2 aromatic heterocycles. The zero-order chi connectivity index (χ0) is 25.1. The van der Waals surface area contributed by atoms with Gasteiger partial charge in [0.05, 0.1) is 18.9 Å². The predicted octanol–water partition coefficient (Wildman–Crippen LogP) is 0.805. The number of nitrogens with one attached hydrogen (secondary N) is 1. The Bertz CT molecular complexity index is 1020. The molecular weight excluding hydrogens is 442 g/mol. The number of carbonyl (C=O) groups excluding carboxylic acids is 1. The van der Waals surface area contributed by atoms with Gasteiger partial charge in [0.2, 0.25) is 5.91 Å². The van der Waals surface area contributed by atoms with Gasteiger partial charge >= 0.3 is 0 Å². The van der Waals surface area contributed by atoms with E-state index in [0.29, 0.717) is 32.5 Å². The second-order valence-electron chi connectivity index (χ2n) is 7.44. The summed E-state index contributed by atoms with van der Waals surface area (Å²) in [4.78, 5) is 44.1. The molecule has 0 aliphatic carbocycles. The lowest BCUT2D eigenvalue weighted by Crippen LogP contribution is -2.46. The molecule has 1 aliphatic heterocycles. The van der Waals surface area contributed by atoms with E-state index in [1.807, 2.05) is 35.0 Å². The molecule has 0 bridgehead atoms. The molecule has 1 aromatic carbocycles. The lowest BCUT2D eigenvalue weighted by atomic mass is 10.1. The number of hydrogen-bond donors (Lipinski definition) is 4. The average molecular weight is 472 g/mol. The molecule has 3 aromatic rings. The molecule has 1 aliphatic rings. The van der Waals surface area contributed by atoms with Crippen LogP contribution in [0.2, 0.25) is 0 Å². The van der Waals surface area contributed by atoms with Crippen LogP contribution < -0.4 is 5.73 Å². The number of H-pyrrole nitrogens is 1. The number of aliphatic carboxylic acids is 2. The van der Waals surface area contributed by atoms with Crippen molar-refractivity contribution in [3.63, 3.8) is 0 Å². The first-order valence-electron chi connectivity index (χ1n) is 10.6. The zero-order valence-corrected chi connectivity index (χ0v) is 19.1. The summed E-state index contributed by atoms with van der Waals surface area (Å²) in [6, 6.07) is 9.35. The van der Waals surface area contributed by atoms with Crippen LogP contribution in [0.4, 0.5) is 0 Å². The first-order chi connectivity index (χ1) is 16.2. The van der Waals surface area contributed by atoms with Gasteiger partial charge in [-0.2, -0.15) is 5.10 Å². The maximum absolute atomic E-state index is 12.7. The van der Waals surface area contributed by atoms with Gasteiger partial charge in [0.25, 0.3) is 11.9 Å². The number of carboxylic acids is 2. The van der Waals surface area contributed by atoms with E-state index in [1.54, 1.807) is 17.4 Å². The number of aromatic nitrogens is 5. The number of amides is 1. The number of carbonyl (C=O) groups is 3. The number of fused-ring (bicyclic) bond motifs is 1. The maximum Gasteiger partial charge on any atom is 0.300 e. The molecule has 0 unspecified atom stereocenters. The minimum absolute atomic E-state index is 0.0476. The van der Waals surface area contributed by atoms with E-state index in [4.69, 9.17) is 25.5 Å². The number of benzene rings is 1. The Morgan fingerprint density at radius 2 is 1.74 bits per heavy atom. The van der Waals surface area contributed by atoms with Gasteiger partial charge in [-0.3, -0.25) is 14.4 Å². The quantitative estimate of drug-likeness (QED) is 0.428. The highest BCUT2D eigenvalue weighted by Crippen LogP contribution is 2.17. The molecule has 12 heteroatoms. The summed E-state index contributed by atoms with van der Waals surface area (Å²) in [5.41, 5.74) is 7.96. The van der Waals surface area contributed by atoms with Crippen molar-refractivity contribution >= 4 is 17.8 Å². The number of hydrogen-bond acceptors (Lipinski definition) is 7. The summed E-state index contributed by atoms with van der Waals surface area (Å²) in [7, 11) is 0. The topological polar surface area (TPSA) is 180 Å². The fraction of sp³-hybridized carbons (Fsp3) is 0.364. The van der Waals surface area contributed by atoms with Crippen molar-refractivity contribution in [2.75, 3.05) is 13.1 Å². The molecule has 0 fully saturated rings. The van der Waals surface area contributed by atoms with Crippen LogP contribution in [0.25, 0.3) is 11.4 Å². The molecule has 0 radical (unpaired) electrons. The number of rotatable bonds is 4. The molecule has 3 heterocycles. The molecule has 34 heavy (non-hydrogen) atoms. The van der Waals surface area contributed by atoms with Crippen molar-refractivity contribution in [3.05, 3.63) is 54.4 Å². The Hall–Kier alpha value is -4.06. The first-order valence-corrected chi connectivity index (χ1v) is 10.6. The summed E-state index contributed by atoms with van der Waals surface area (Å²) < 4.78 is 1.90. The van der Waals surface area contributed by atoms with Crippen LogP contribution in [0.1, 0.15) is 25.4 Å². The van der Waals surface area contributed by atoms with E-state index in [0.717, 1.165) is 36.8 Å². The van der Waals surface area contributed by atoms with Crippen molar-refractivity contribution in [3.8, 4) is 11.4 Å². The molecule has 5 N–H and O–H groups in total. The van der Waals surface area contributed by atoms with Crippen LogP contribution >= 0.6 is 0 Å². The molecule has 1 amide bonds. The standard InChI is InChI=1S/C18H21N7O.2C2H4O2/c19-15(10-14-11-20-12-21-14)18(26)24-7-6-16-22-17(23-25(16)9-8-24)13-4-2-1-3-5-13;2*1-2(3)4/h1-5,11-12,15H,6-10,19H2,(H,20,21);2*1H3,(H,3,4)/t15-;;/m0../s1. The first kappa shape index (κ1) is 26.2. The highest BCUT2D eigenvalue weighted by atomic mass is 16.4. The third-order valence-corrected chi connectivity index (χ3v) is 4.59. The molecule has 0 spiro atoms. The largest absolute Gasteiger partial charge is 0.481 e. The van der Waals surface area contributed by atoms with Gasteiger partial charge < -0.3 is 25.8 Å².